The van der Waals surface area contributed by atoms with E-state index in [2.05, 4.69) is 10.3 Å². The third-order valence-corrected chi connectivity index (χ3v) is 10.0. The summed E-state index contributed by atoms with van der Waals surface area (Å²) in [4.78, 5) is 25.9. The van der Waals surface area contributed by atoms with E-state index in [4.69, 9.17) is 42.0 Å². The number of para-hydroxylation sites is 1. The average Bonchev–Trinajstić information content (AvgIpc) is 3.78. The van der Waals surface area contributed by atoms with E-state index in [1.807, 2.05) is 97.2 Å². The highest BCUT2D eigenvalue weighted by Gasteiger charge is 2.16. The van der Waals surface area contributed by atoms with E-state index in [0.29, 0.717) is 109 Å². The number of aryl methyl sites for hydroxylation is 1. The third-order valence-electron chi connectivity index (χ3n) is 10.0. The zero-order valence-electron chi connectivity index (χ0n) is 35.3. The van der Waals surface area contributed by atoms with E-state index < -0.39 is 0 Å². The molecule has 0 aliphatic carbocycles. The summed E-state index contributed by atoms with van der Waals surface area (Å²) in [6.07, 6.45) is 3.37. The molecule has 0 saturated carbocycles. The van der Waals surface area contributed by atoms with Gasteiger partial charge in [-0.25, -0.2) is 4.68 Å². The molecular formula is C50H47N3O11. The van der Waals surface area contributed by atoms with E-state index >= 15 is 0 Å². The molecule has 3 heterocycles. The van der Waals surface area contributed by atoms with Gasteiger partial charge in [-0.3, -0.25) is 9.59 Å². The molecule has 0 fully saturated rings. The first-order valence-electron chi connectivity index (χ1n) is 20.9. The van der Waals surface area contributed by atoms with Crippen LogP contribution in [-0.2, 0) is 33.8 Å². The second kappa shape index (κ2) is 21.7. The molecule has 0 aliphatic heterocycles. The van der Waals surface area contributed by atoms with Crippen LogP contribution >= 0.6 is 0 Å². The standard InChI is InChI=1S/C50H47N3O11/c1-56-34-62-41-28-48(61-33-35-8-3-2-4-9-35)50-44(55)31-47(64-49(50)29-41)37-13-17-39(18-14-37)59-22-7-10-38-32-53(52-51-38)21-23-57-24-25-58-26-27-60-40-19-15-36(16-20-40)46-30-43(54)42-11-5-6-12-45(42)63-46/h2-6,8-9,11-20,28-32H,7,10,21-27,33-34H2,1H3. The lowest BCUT2D eigenvalue weighted by Crippen LogP contribution is -2.13. The lowest BCUT2D eigenvalue weighted by atomic mass is 10.1. The predicted molar refractivity (Wildman–Crippen MR) is 240 cm³/mol. The molecule has 0 spiro atoms. The van der Waals surface area contributed by atoms with E-state index in [1.54, 1.807) is 28.9 Å². The predicted octanol–water partition coefficient (Wildman–Crippen LogP) is 8.51. The molecule has 0 atom stereocenters. The van der Waals surface area contributed by atoms with Crippen molar-refractivity contribution in [2.45, 2.75) is 26.0 Å². The van der Waals surface area contributed by atoms with E-state index in [1.165, 1.54) is 19.2 Å². The number of rotatable bonds is 23. The summed E-state index contributed by atoms with van der Waals surface area (Å²) in [6.45, 7) is 3.52. The van der Waals surface area contributed by atoms with Crippen LogP contribution in [-0.4, -0.2) is 68.5 Å². The first-order chi connectivity index (χ1) is 31.5. The van der Waals surface area contributed by atoms with Crippen molar-refractivity contribution in [3.8, 4) is 45.6 Å². The van der Waals surface area contributed by atoms with Crippen molar-refractivity contribution >= 4 is 21.9 Å². The summed E-state index contributed by atoms with van der Waals surface area (Å²) in [5.41, 5.74) is 3.93. The van der Waals surface area contributed by atoms with Crippen LogP contribution < -0.4 is 29.8 Å². The molecule has 3 aromatic heterocycles. The van der Waals surface area contributed by atoms with Gasteiger partial charge in [-0.1, -0.05) is 47.7 Å². The molecule has 8 rings (SSSR count). The van der Waals surface area contributed by atoms with Crippen LogP contribution in [0.25, 0.3) is 44.6 Å². The van der Waals surface area contributed by atoms with Crippen molar-refractivity contribution in [2.24, 2.45) is 0 Å². The maximum atomic E-state index is 13.4. The summed E-state index contributed by atoms with van der Waals surface area (Å²) in [7, 11) is 1.53. The molecule has 14 heteroatoms. The first kappa shape index (κ1) is 43.4. The summed E-state index contributed by atoms with van der Waals surface area (Å²) < 4.78 is 53.9. The fourth-order valence-corrected chi connectivity index (χ4v) is 6.81. The summed E-state index contributed by atoms with van der Waals surface area (Å²) in [5.74, 6) is 3.12. The molecular weight excluding hydrogens is 819 g/mol. The summed E-state index contributed by atoms with van der Waals surface area (Å²) in [6, 6.07) is 38.0. The molecule has 0 saturated heterocycles. The Bertz CT molecular complexity index is 2860. The van der Waals surface area contributed by atoms with Gasteiger partial charge in [-0.05, 0) is 79.1 Å². The first-order valence-corrected chi connectivity index (χ1v) is 20.9. The van der Waals surface area contributed by atoms with Gasteiger partial charge in [-0.15, -0.1) is 5.10 Å². The SMILES string of the molecule is COCOc1cc(OCc2ccccc2)c2c(=O)cc(-c3ccc(OCCCc4cn(CCOCCOCCOc5ccc(-c6cc(=O)c7ccccc7o6)cc5)nn4)cc3)oc2c1. The average molecular weight is 866 g/mol. The number of nitrogens with zero attached hydrogens (tertiary/aromatic N) is 3. The minimum atomic E-state index is -0.232. The second-order valence-electron chi connectivity index (χ2n) is 14.6. The van der Waals surface area contributed by atoms with E-state index in [-0.39, 0.29) is 24.3 Å². The van der Waals surface area contributed by atoms with Crippen molar-refractivity contribution < 1.29 is 42.0 Å². The van der Waals surface area contributed by atoms with Crippen LogP contribution in [0.3, 0.4) is 0 Å². The Kier molecular flexibility index (Phi) is 14.7. The van der Waals surface area contributed by atoms with E-state index in [9.17, 15) is 9.59 Å². The minimum absolute atomic E-state index is 0.0284. The van der Waals surface area contributed by atoms with Crippen molar-refractivity contribution in [2.75, 3.05) is 53.5 Å². The van der Waals surface area contributed by atoms with Gasteiger partial charge in [-0.2, -0.15) is 0 Å². The van der Waals surface area contributed by atoms with Gasteiger partial charge >= 0.3 is 0 Å². The zero-order chi connectivity index (χ0) is 43.9. The molecule has 0 radical (unpaired) electrons. The smallest absolute Gasteiger partial charge is 0.197 e. The quantitative estimate of drug-likeness (QED) is 0.0446. The molecule has 0 amide bonds. The molecule has 5 aromatic carbocycles. The lowest BCUT2D eigenvalue weighted by molar-refractivity contribution is 0.0333. The number of benzene rings is 5. The molecule has 8 aromatic rings. The lowest BCUT2D eigenvalue weighted by Gasteiger charge is -2.13. The normalized spacial score (nSPS) is 11.3. The van der Waals surface area contributed by atoms with Crippen LogP contribution in [0.5, 0.6) is 23.0 Å². The largest absolute Gasteiger partial charge is 0.494 e. The Morgan fingerprint density at radius 1 is 0.594 bits per heavy atom. The van der Waals surface area contributed by atoms with E-state index in [0.717, 1.165) is 28.8 Å². The molecule has 64 heavy (non-hydrogen) atoms. The fraction of sp³-hybridized carbons (Fsp3) is 0.240. The number of hydrogen-bond acceptors (Lipinski definition) is 13. The number of ether oxygens (including phenoxy) is 7. The second-order valence-corrected chi connectivity index (χ2v) is 14.6. The van der Waals surface area contributed by atoms with Crippen molar-refractivity contribution in [3.05, 3.63) is 165 Å². The van der Waals surface area contributed by atoms with Gasteiger partial charge in [0.15, 0.2) is 17.7 Å². The van der Waals surface area contributed by atoms with Crippen molar-refractivity contribution in [3.63, 3.8) is 0 Å². The molecule has 328 valence electrons. The molecule has 0 N–H and O–H groups in total. The molecule has 0 unspecified atom stereocenters. The van der Waals surface area contributed by atoms with Crippen LogP contribution in [0.1, 0.15) is 17.7 Å². The van der Waals surface area contributed by atoms with Gasteiger partial charge in [0, 0.05) is 48.7 Å². The number of methoxy groups -OCH3 is 1. The van der Waals surface area contributed by atoms with Gasteiger partial charge < -0.3 is 42.0 Å². The fourth-order valence-electron chi connectivity index (χ4n) is 6.81. The van der Waals surface area contributed by atoms with Gasteiger partial charge in [0.2, 0.25) is 0 Å². The summed E-state index contributed by atoms with van der Waals surface area (Å²) >= 11 is 0. The third kappa shape index (κ3) is 11.6. The number of fused-ring (bicyclic) bond motifs is 2. The maximum absolute atomic E-state index is 13.4. The molecule has 0 bridgehead atoms. The number of aromatic nitrogens is 3. The molecule has 0 aliphatic rings. The summed E-state index contributed by atoms with van der Waals surface area (Å²) in [5, 5.41) is 9.38. The monoisotopic (exact) mass is 865 g/mol. The van der Waals surface area contributed by atoms with Crippen LogP contribution in [0.15, 0.2) is 152 Å². The Hall–Kier alpha value is -7.26. The minimum Gasteiger partial charge on any atom is -0.494 e. The number of hydrogen-bond donors (Lipinski definition) is 0. The van der Waals surface area contributed by atoms with Crippen LogP contribution in [0.2, 0.25) is 0 Å². The topological polar surface area (TPSA) is 156 Å². The highest BCUT2D eigenvalue weighted by molar-refractivity contribution is 5.86. The molecule has 14 nitrogen and oxygen atoms in total. The van der Waals surface area contributed by atoms with Gasteiger partial charge in [0.05, 0.1) is 50.7 Å². The Morgan fingerprint density at radius 2 is 1.25 bits per heavy atom. The van der Waals surface area contributed by atoms with Crippen molar-refractivity contribution in [1.82, 2.24) is 15.0 Å². The van der Waals surface area contributed by atoms with Crippen LogP contribution in [0.4, 0.5) is 0 Å². The van der Waals surface area contributed by atoms with Gasteiger partial charge in [0.1, 0.15) is 64.3 Å². The maximum Gasteiger partial charge on any atom is 0.197 e. The van der Waals surface area contributed by atoms with Gasteiger partial charge in [0.25, 0.3) is 0 Å². The Labute approximate surface area is 368 Å². The van der Waals surface area contributed by atoms with Crippen LogP contribution in [0, 0.1) is 0 Å². The Morgan fingerprint density at radius 3 is 2.00 bits per heavy atom. The van der Waals surface area contributed by atoms with Crippen molar-refractivity contribution in [1.29, 1.82) is 0 Å². The highest BCUT2D eigenvalue weighted by Crippen LogP contribution is 2.33. The highest BCUT2D eigenvalue weighted by atomic mass is 16.7. The Balaban J connectivity index is 0.713. The zero-order valence-corrected chi connectivity index (χ0v) is 35.3.